The van der Waals surface area contributed by atoms with Crippen LogP contribution in [0.2, 0.25) is 0 Å². The molecule has 4 heterocycles. The van der Waals surface area contributed by atoms with Crippen LogP contribution in [0.15, 0.2) is 17.3 Å². The first-order chi connectivity index (χ1) is 11.9. The van der Waals surface area contributed by atoms with Crippen molar-refractivity contribution in [2.45, 2.75) is 51.1 Å². The van der Waals surface area contributed by atoms with Gasteiger partial charge in [0.2, 0.25) is 0 Å². The van der Waals surface area contributed by atoms with Gasteiger partial charge in [0.15, 0.2) is 17.7 Å². The van der Waals surface area contributed by atoms with Gasteiger partial charge in [-0.25, -0.2) is 15.0 Å². The summed E-state index contributed by atoms with van der Waals surface area (Å²) in [4.78, 5) is 23.9. The Hall–Kier alpha value is -1.62. The molecule has 2 aliphatic rings. The van der Waals surface area contributed by atoms with Crippen molar-refractivity contribution in [1.29, 1.82) is 0 Å². The highest BCUT2D eigenvalue weighted by Gasteiger charge is 2.56. The molecule has 0 saturated carbocycles. The summed E-state index contributed by atoms with van der Waals surface area (Å²) in [7, 11) is 0. The molecular formula is C15H17BrN4O5. The summed E-state index contributed by atoms with van der Waals surface area (Å²) >= 11 is 3.36. The van der Waals surface area contributed by atoms with Crippen LogP contribution in [-0.2, 0) is 23.7 Å². The molecule has 2 fully saturated rings. The average molecular weight is 413 g/mol. The lowest BCUT2D eigenvalue weighted by Crippen LogP contribution is -2.33. The Morgan fingerprint density at radius 1 is 1.32 bits per heavy atom. The van der Waals surface area contributed by atoms with Gasteiger partial charge in [0.25, 0.3) is 0 Å². The molecule has 2 aromatic heterocycles. The summed E-state index contributed by atoms with van der Waals surface area (Å²) in [6.07, 6.45) is 1.41. The first-order valence-corrected chi connectivity index (χ1v) is 8.62. The zero-order chi connectivity index (χ0) is 17.8. The van der Waals surface area contributed by atoms with Crippen LogP contribution in [0.5, 0.6) is 0 Å². The third-order valence-corrected chi connectivity index (χ3v) is 4.74. The third-order valence-electron chi connectivity index (χ3n) is 4.16. The Morgan fingerprint density at radius 2 is 2.08 bits per heavy atom. The molecule has 25 heavy (non-hydrogen) atoms. The van der Waals surface area contributed by atoms with Crippen LogP contribution in [0.25, 0.3) is 11.2 Å². The van der Waals surface area contributed by atoms with Crippen molar-refractivity contribution in [1.82, 2.24) is 19.5 Å². The third kappa shape index (κ3) is 2.92. The van der Waals surface area contributed by atoms with E-state index in [0.29, 0.717) is 15.8 Å². The van der Waals surface area contributed by atoms with Gasteiger partial charge in [0.05, 0.1) is 6.33 Å². The molecule has 0 amide bonds. The van der Waals surface area contributed by atoms with E-state index in [4.69, 9.17) is 18.9 Å². The van der Waals surface area contributed by atoms with Crippen LogP contribution in [0, 0.1) is 0 Å². The highest BCUT2D eigenvalue weighted by atomic mass is 79.9. The molecule has 0 N–H and O–H groups in total. The molecule has 134 valence electrons. The molecule has 2 aromatic rings. The summed E-state index contributed by atoms with van der Waals surface area (Å²) in [5.74, 6) is -1.12. The fourth-order valence-electron chi connectivity index (χ4n) is 3.23. The number of halogens is 1. The minimum Gasteiger partial charge on any atom is -0.463 e. The molecule has 4 rings (SSSR count). The predicted molar refractivity (Wildman–Crippen MR) is 87.4 cm³/mol. The van der Waals surface area contributed by atoms with Gasteiger partial charge in [-0.2, -0.15) is 0 Å². The average Bonchev–Trinajstić information content (AvgIpc) is 3.17. The van der Waals surface area contributed by atoms with Crippen molar-refractivity contribution in [2.24, 2.45) is 0 Å². The molecule has 2 saturated heterocycles. The first-order valence-electron chi connectivity index (χ1n) is 7.83. The van der Waals surface area contributed by atoms with Crippen molar-refractivity contribution in [2.75, 3.05) is 6.61 Å². The molecule has 9 nitrogen and oxygen atoms in total. The summed E-state index contributed by atoms with van der Waals surface area (Å²) in [6, 6.07) is 0. The van der Waals surface area contributed by atoms with Crippen molar-refractivity contribution in [3.63, 3.8) is 0 Å². The number of carbonyl (C=O) groups excluding carboxylic acids is 1. The Labute approximate surface area is 151 Å². The van der Waals surface area contributed by atoms with E-state index in [9.17, 15) is 4.79 Å². The number of carbonyl (C=O) groups is 1. The van der Waals surface area contributed by atoms with Gasteiger partial charge in [-0.15, -0.1) is 0 Å². The fraction of sp³-hybridized carbons (Fsp3) is 0.600. The molecule has 0 aromatic carbocycles. The Bertz CT molecular complexity index is 825. The second-order valence-corrected chi connectivity index (χ2v) is 7.17. The van der Waals surface area contributed by atoms with Crippen LogP contribution in [0.1, 0.15) is 27.0 Å². The zero-order valence-electron chi connectivity index (χ0n) is 13.9. The van der Waals surface area contributed by atoms with E-state index in [1.807, 2.05) is 13.8 Å². The monoisotopic (exact) mass is 412 g/mol. The van der Waals surface area contributed by atoms with Crippen molar-refractivity contribution in [3.8, 4) is 0 Å². The first kappa shape index (κ1) is 16.8. The number of hydrogen-bond acceptors (Lipinski definition) is 8. The van der Waals surface area contributed by atoms with Crippen molar-refractivity contribution >= 4 is 33.1 Å². The van der Waals surface area contributed by atoms with Gasteiger partial charge in [0, 0.05) is 6.92 Å². The number of rotatable bonds is 3. The lowest BCUT2D eigenvalue weighted by atomic mass is 10.1. The van der Waals surface area contributed by atoms with Crippen molar-refractivity contribution in [3.05, 3.63) is 17.3 Å². The van der Waals surface area contributed by atoms with E-state index in [0.717, 1.165) is 0 Å². The summed E-state index contributed by atoms with van der Waals surface area (Å²) in [6.45, 7) is 5.14. The number of ether oxygens (including phenoxy) is 4. The molecule has 0 aliphatic carbocycles. The summed E-state index contributed by atoms with van der Waals surface area (Å²) in [5, 5.41) is 0. The summed E-state index contributed by atoms with van der Waals surface area (Å²) < 4.78 is 25.6. The maximum atomic E-state index is 11.2. The van der Waals surface area contributed by atoms with Gasteiger partial charge in [0.1, 0.15) is 41.4 Å². The van der Waals surface area contributed by atoms with E-state index in [-0.39, 0.29) is 24.8 Å². The number of fused-ring (bicyclic) bond motifs is 2. The van der Waals surface area contributed by atoms with E-state index in [1.165, 1.54) is 13.3 Å². The Kier molecular flexibility index (Phi) is 4.02. The fourth-order valence-corrected chi connectivity index (χ4v) is 3.60. The summed E-state index contributed by atoms with van der Waals surface area (Å²) in [5.41, 5.74) is 1.25. The highest BCUT2D eigenvalue weighted by molar-refractivity contribution is 9.10. The number of hydrogen-bond donors (Lipinski definition) is 0. The molecular weight excluding hydrogens is 396 g/mol. The minimum absolute atomic E-state index is 0.0950. The van der Waals surface area contributed by atoms with Crippen LogP contribution >= 0.6 is 15.9 Å². The highest BCUT2D eigenvalue weighted by Crippen LogP contribution is 2.43. The molecule has 10 heteroatoms. The van der Waals surface area contributed by atoms with E-state index < -0.39 is 18.1 Å². The predicted octanol–water partition coefficient (Wildman–Crippen LogP) is 1.57. The largest absolute Gasteiger partial charge is 0.463 e. The molecule has 4 atom stereocenters. The Balaban J connectivity index is 1.68. The lowest BCUT2D eigenvalue weighted by molar-refractivity contribution is -0.201. The molecule has 0 spiro atoms. The standard InChI is InChI=1S/C15H17BrN4O5/c1-7(21)22-4-8-10-11(25-15(2,3)24-10)14(23-8)20-6-19-9-12(16)17-5-18-13(9)20/h5-6,8,10-11,14H,4H2,1-3H3/t8?,10-,11-,14?/m1/s1. The van der Waals surface area contributed by atoms with Crippen molar-refractivity contribution < 1.29 is 23.7 Å². The normalized spacial score (nSPS) is 30.6. The topological polar surface area (TPSA) is 97.6 Å². The molecule has 2 aliphatic heterocycles. The van der Waals surface area contributed by atoms with Crippen LogP contribution < -0.4 is 0 Å². The molecule has 2 unspecified atom stereocenters. The van der Waals surface area contributed by atoms with Gasteiger partial charge in [-0.1, -0.05) is 0 Å². The van der Waals surface area contributed by atoms with Crippen LogP contribution in [0.4, 0.5) is 0 Å². The van der Waals surface area contributed by atoms with Gasteiger partial charge >= 0.3 is 5.97 Å². The van der Waals surface area contributed by atoms with Crippen LogP contribution in [0.3, 0.4) is 0 Å². The number of aromatic nitrogens is 4. The second kappa shape index (κ2) is 5.97. The van der Waals surface area contributed by atoms with Gasteiger partial charge < -0.3 is 18.9 Å². The number of imidazole rings is 1. The molecule has 0 bridgehead atoms. The van der Waals surface area contributed by atoms with Gasteiger partial charge in [-0.05, 0) is 29.8 Å². The SMILES string of the molecule is CC(=O)OCC1OC(n2cnc3c(Br)ncnc32)[C@@H]2OC(C)(C)O[C@H]12. The Morgan fingerprint density at radius 3 is 2.84 bits per heavy atom. The second-order valence-electron chi connectivity index (χ2n) is 6.42. The van der Waals surface area contributed by atoms with Crippen LogP contribution in [-0.4, -0.2) is 56.2 Å². The zero-order valence-corrected chi connectivity index (χ0v) is 15.5. The maximum Gasteiger partial charge on any atom is 0.302 e. The van der Waals surface area contributed by atoms with E-state index >= 15 is 0 Å². The van der Waals surface area contributed by atoms with Gasteiger partial charge in [-0.3, -0.25) is 9.36 Å². The lowest BCUT2D eigenvalue weighted by Gasteiger charge is -2.24. The number of nitrogens with zero attached hydrogens (tertiary/aromatic N) is 4. The minimum atomic E-state index is -0.752. The smallest absolute Gasteiger partial charge is 0.302 e. The maximum absolute atomic E-state index is 11.2. The number of esters is 1. The van der Waals surface area contributed by atoms with E-state index in [1.54, 1.807) is 10.9 Å². The van der Waals surface area contributed by atoms with E-state index in [2.05, 4.69) is 30.9 Å². The molecule has 0 radical (unpaired) electrons. The quantitative estimate of drug-likeness (QED) is 0.553.